The fraction of sp³-hybridized carbons (Fsp3) is 0.333. The van der Waals surface area contributed by atoms with Crippen molar-refractivity contribution in [2.24, 2.45) is 0 Å². The van der Waals surface area contributed by atoms with E-state index in [1.165, 1.54) is 0 Å². The number of carbonyl (C=O) groups is 1. The van der Waals surface area contributed by atoms with E-state index >= 15 is 0 Å². The van der Waals surface area contributed by atoms with Crippen molar-refractivity contribution in [2.45, 2.75) is 6.92 Å². The van der Waals surface area contributed by atoms with Crippen molar-refractivity contribution in [1.82, 2.24) is 15.2 Å². The molecule has 2 rings (SSSR count). The largest absolute Gasteiger partial charge is 0.465 e. The van der Waals surface area contributed by atoms with Gasteiger partial charge in [0.2, 0.25) is 5.95 Å². The lowest BCUT2D eigenvalue weighted by atomic mass is 10.3. The standard InChI is InChI=1S/C12H14N4O2/c1-3-18-11(17)8-16(2)12-13-9-6-4-5-7-10(9)14-15-12/h4-7H,3,8H2,1-2H3. The van der Waals surface area contributed by atoms with Gasteiger partial charge < -0.3 is 9.64 Å². The first-order valence-electron chi connectivity index (χ1n) is 5.67. The molecule has 0 aliphatic rings. The van der Waals surface area contributed by atoms with Crippen LogP contribution in [0.4, 0.5) is 5.95 Å². The SMILES string of the molecule is CCOC(=O)CN(C)c1nnc2ccccc2n1. The first-order valence-corrected chi connectivity index (χ1v) is 5.67. The molecule has 0 amide bonds. The molecule has 0 fully saturated rings. The molecule has 0 atom stereocenters. The van der Waals surface area contributed by atoms with Crippen LogP contribution in [0.15, 0.2) is 24.3 Å². The zero-order valence-electron chi connectivity index (χ0n) is 10.3. The van der Waals surface area contributed by atoms with Gasteiger partial charge in [0.05, 0.1) is 12.1 Å². The maximum absolute atomic E-state index is 11.4. The Morgan fingerprint density at radius 1 is 1.28 bits per heavy atom. The molecule has 1 aromatic heterocycles. The van der Waals surface area contributed by atoms with Gasteiger partial charge in [0.1, 0.15) is 12.1 Å². The highest BCUT2D eigenvalue weighted by atomic mass is 16.5. The quantitative estimate of drug-likeness (QED) is 0.750. The van der Waals surface area contributed by atoms with Crippen LogP contribution in [0.2, 0.25) is 0 Å². The topological polar surface area (TPSA) is 68.2 Å². The summed E-state index contributed by atoms with van der Waals surface area (Å²) in [6, 6.07) is 7.45. The maximum Gasteiger partial charge on any atom is 0.325 e. The average Bonchev–Trinajstić information content (AvgIpc) is 2.38. The Bertz CT molecular complexity index is 559. The lowest BCUT2D eigenvalue weighted by Gasteiger charge is -2.15. The molecular weight excluding hydrogens is 232 g/mol. The first kappa shape index (κ1) is 12.2. The third-order valence-corrected chi connectivity index (χ3v) is 2.36. The minimum absolute atomic E-state index is 0.105. The number of carbonyl (C=O) groups excluding carboxylic acids is 1. The Hall–Kier alpha value is -2.24. The number of aromatic nitrogens is 3. The molecule has 0 aliphatic carbocycles. The molecule has 0 saturated carbocycles. The molecule has 6 nitrogen and oxygen atoms in total. The summed E-state index contributed by atoms with van der Waals surface area (Å²) >= 11 is 0. The second-order valence-electron chi connectivity index (χ2n) is 3.76. The Balaban J connectivity index is 2.17. The van der Waals surface area contributed by atoms with Crippen LogP contribution in [0.1, 0.15) is 6.92 Å². The van der Waals surface area contributed by atoms with E-state index in [2.05, 4.69) is 15.2 Å². The second-order valence-corrected chi connectivity index (χ2v) is 3.76. The first-order chi connectivity index (χ1) is 8.70. The Morgan fingerprint density at radius 2 is 2.00 bits per heavy atom. The van der Waals surface area contributed by atoms with E-state index in [-0.39, 0.29) is 12.5 Å². The molecule has 0 spiro atoms. The monoisotopic (exact) mass is 246 g/mol. The number of para-hydroxylation sites is 1. The number of anilines is 1. The zero-order valence-corrected chi connectivity index (χ0v) is 10.3. The van der Waals surface area contributed by atoms with Crippen molar-refractivity contribution in [2.75, 3.05) is 25.1 Å². The highest BCUT2D eigenvalue weighted by Crippen LogP contribution is 2.11. The molecule has 6 heteroatoms. The summed E-state index contributed by atoms with van der Waals surface area (Å²) in [6.07, 6.45) is 0. The number of likely N-dealkylation sites (N-methyl/N-ethyl adjacent to an activating group) is 1. The summed E-state index contributed by atoms with van der Waals surface area (Å²) < 4.78 is 4.86. The molecule has 0 radical (unpaired) electrons. The summed E-state index contributed by atoms with van der Waals surface area (Å²) in [5.74, 6) is 0.0958. The van der Waals surface area contributed by atoms with Gasteiger partial charge in [-0.25, -0.2) is 4.98 Å². The summed E-state index contributed by atoms with van der Waals surface area (Å²) in [7, 11) is 1.72. The summed E-state index contributed by atoms with van der Waals surface area (Å²) in [5.41, 5.74) is 1.48. The van der Waals surface area contributed by atoms with Crippen LogP contribution in [-0.4, -0.2) is 41.3 Å². The number of hydrogen-bond acceptors (Lipinski definition) is 6. The van der Waals surface area contributed by atoms with Crippen molar-refractivity contribution < 1.29 is 9.53 Å². The predicted octanol–water partition coefficient (Wildman–Crippen LogP) is 1.02. The Morgan fingerprint density at radius 3 is 2.72 bits per heavy atom. The van der Waals surface area contributed by atoms with Crippen molar-refractivity contribution in [1.29, 1.82) is 0 Å². The van der Waals surface area contributed by atoms with Gasteiger partial charge in [0.15, 0.2) is 0 Å². The number of hydrogen-bond donors (Lipinski definition) is 0. The molecule has 18 heavy (non-hydrogen) atoms. The van der Waals surface area contributed by atoms with E-state index in [0.29, 0.717) is 12.6 Å². The van der Waals surface area contributed by atoms with Gasteiger partial charge in [0.25, 0.3) is 0 Å². The smallest absolute Gasteiger partial charge is 0.325 e. The van der Waals surface area contributed by atoms with Gasteiger partial charge in [-0.05, 0) is 19.1 Å². The summed E-state index contributed by atoms with van der Waals surface area (Å²) in [4.78, 5) is 17.3. The van der Waals surface area contributed by atoms with Gasteiger partial charge in [-0.15, -0.1) is 10.2 Å². The Labute approximate surface area is 105 Å². The van der Waals surface area contributed by atoms with E-state index in [0.717, 1.165) is 11.0 Å². The van der Waals surface area contributed by atoms with E-state index < -0.39 is 0 Å². The normalized spacial score (nSPS) is 10.3. The van der Waals surface area contributed by atoms with Crippen LogP contribution in [0.25, 0.3) is 11.0 Å². The van der Waals surface area contributed by atoms with Crippen molar-refractivity contribution in [3.05, 3.63) is 24.3 Å². The molecule has 2 aromatic rings. The molecule has 0 aliphatic heterocycles. The molecule has 0 saturated heterocycles. The van der Waals surface area contributed by atoms with E-state index in [4.69, 9.17) is 4.74 Å². The predicted molar refractivity (Wildman–Crippen MR) is 67.2 cm³/mol. The third-order valence-electron chi connectivity index (χ3n) is 2.36. The number of ether oxygens (including phenoxy) is 1. The van der Waals surface area contributed by atoms with Gasteiger partial charge in [-0.3, -0.25) is 4.79 Å². The van der Waals surface area contributed by atoms with Crippen LogP contribution < -0.4 is 4.90 Å². The highest BCUT2D eigenvalue weighted by molar-refractivity contribution is 5.76. The number of esters is 1. The van der Waals surface area contributed by atoms with E-state index in [9.17, 15) is 4.79 Å². The molecule has 0 unspecified atom stereocenters. The minimum atomic E-state index is -0.309. The second kappa shape index (κ2) is 5.39. The fourth-order valence-corrected chi connectivity index (χ4v) is 1.50. The minimum Gasteiger partial charge on any atom is -0.465 e. The summed E-state index contributed by atoms with van der Waals surface area (Å²) in [6.45, 7) is 2.24. The third kappa shape index (κ3) is 2.71. The van der Waals surface area contributed by atoms with Gasteiger partial charge in [-0.1, -0.05) is 12.1 Å². The molecule has 0 N–H and O–H groups in total. The molecule has 1 aromatic carbocycles. The Kier molecular flexibility index (Phi) is 3.66. The highest BCUT2D eigenvalue weighted by Gasteiger charge is 2.11. The molecule has 94 valence electrons. The molecular formula is C12H14N4O2. The van der Waals surface area contributed by atoms with E-state index in [1.807, 2.05) is 24.3 Å². The average molecular weight is 246 g/mol. The molecule has 0 bridgehead atoms. The van der Waals surface area contributed by atoms with Crippen LogP contribution in [0.5, 0.6) is 0 Å². The van der Waals surface area contributed by atoms with Crippen molar-refractivity contribution in [3.8, 4) is 0 Å². The number of fused-ring (bicyclic) bond motifs is 1. The van der Waals surface area contributed by atoms with Crippen LogP contribution in [-0.2, 0) is 9.53 Å². The van der Waals surface area contributed by atoms with Gasteiger partial charge in [0, 0.05) is 7.05 Å². The van der Waals surface area contributed by atoms with Crippen molar-refractivity contribution in [3.63, 3.8) is 0 Å². The van der Waals surface area contributed by atoms with Gasteiger partial charge >= 0.3 is 5.97 Å². The zero-order chi connectivity index (χ0) is 13.0. The van der Waals surface area contributed by atoms with Crippen LogP contribution >= 0.6 is 0 Å². The number of benzene rings is 1. The molecule has 1 heterocycles. The number of rotatable bonds is 4. The lowest BCUT2D eigenvalue weighted by molar-refractivity contribution is -0.141. The fourth-order valence-electron chi connectivity index (χ4n) is 1.50. The summed E-state index contributed by atoms with van der Waals surface area (Å²) in [5, 5.41) is 8.03. The number of nitrogens with zero attached hydrogens (tertiary/aromatic N) is 4. The maximum atomic E-state index is 11.4. The van der Waals surface area contributed by atoms with Gasteiger partial charge in [-0.2, -0.15) is 0 Å². The van der Waals surface area contributed by atoms with Crippen LogP contribution in [0.3, 0.4) is 0 Å². The lowest BCUT2D eigenvalue weighted by Crippen LogP contribution is -2.28. The van der Waals surface area contributed by atoms with Crippen molar-refractivity contribution >= 4 is 23.0 Å². The van der Waals surface area contributed by atoms with E-state index in [1.54, 1.807) is 18.9 Å². The van der Waals surface area contributed by atoms with Crippen LogP contribution in [0, 0.1) is 0 Å².